The summed E-state index contributed by atoms with van der Waals surface area (Å²) in [5, 5.41) is 13.0. The summed E-state index contributed by atoms with van der Waals surface area (Å²) in [5.41, 5.74) is -0.692. The fraction of sp³-hybridized carbons (Fsp3) is 0.583. The highest BCUT2D eigenvalue weighted by molar-refractivity contribution is 8.02. The smallest absolute Gasteiger partial charge is 0.408 e. The monoisotopic (exact) mass is 300 g/mol. The summed E-state index contributed by atoms with van der Waals surface area (Å²) in [6, 6.07) is -1.06. The van der Waals surface area contributed by atoms with E-state index in [4.69, 9.17) is 9.84 Å². The fourth-order valence-corrected chi connectivity index (χ4v) is 3.05. The first kappa shape index (κ1) is 14.7. The first-order valence-corrected chi connectivity index (χ1v) is 7.13. The zero-order valence-electron chi connectivity index (χ0n) is 11.4. The number of ether oxygens (including phenoxy) is 1. The summed E-state index contributed by atoms with van der Waals surface area (Å²) < 4.78 is 5.09. The lowest BCUT2D eigenvalue weighted by atomic mass is 9.95. The first-order valence-electron chi connectivity index (χ1n) is 6.08. The van der Waals surface area contributed by atoms with E-state index in [-0.39, 0.29) is 11.7 Å². The molecule has 20 heavy (non-hydrogen) atoms. The van der Waals surface area contributed by atoms with E-state index in [0.717, 1.165) is 0 Å². The molecule has 0 aliphatic carbocycles. The van der Waals surface area contributed by atoms with Gasteiger partial charge in [0.25, 0.3) is 5.91 Å². The van der Waals surface area contributed by atoms with Gasteiger partial charge in [0.1, 0.15) is 17.3 Å². The number of nitrogens with one attached hydrogen (secondary N) is 1. The molecular weight excluding hydrogens is 284 g/mol. The second kappa shape index (κ2) is 5.01. The molecule has 1 saturated heterocycles. The number of rotatable bonds is 2. The van der Waals surface area contributed by atoms with E-state index in [1.54, 1.807) is 20.8 Å². The van der Waals surface area contributed by atoms with Gasteiger partial charge in [0.05, 0.1) is 6.04 Å². The Balaban J connectivity index is 2.01. The summed E-state index contributed by atoms with van der Waals surface area (Å²) in [6.45, 7) is 5.18. The van der Waals surface area contributed by atoms with Crippen molar-refractivity contribution in [3.8, 4) is 0 Å². The van der Waals surface area contributed by atoms with Crippen LogP contribution in [0.5, 0.6) is 0 Å². The van der Waals surface area contributed by atoms with E-state index >= 15 is 0 Å². The van der Waals surface area contributed by atoms with Crippen LogP contribution in [0.2, 0.25) is 0 Å². The summed E-state index contributed by atoms with van der Waals surface area (Å²) >= 11 is 1.31. The number of β-lactam (4-membered cyclic amide) rings is 1. The van der Waals surface area contributed by atoms with E-state index < -0.39 is 29.6 Å². The maximum absolute atomic E-state index is 12.0. The Morgan fingerprint density at radius 3 is 2.70 bits per heavy atom. The summed E-state index contributed by atoms with van der Waals surface area (Å²) in [4.78, 5) is 35.8. The largest absolute Gasteiger partial charge is 0.477 e. The van der Waals surface area contributed by atoms with Gasteiger partial charge in [0, 0.05) is 11.2 Å². The number of nitrogens with zero attached hydrogens (tertiary/aromatic N) is 1. The number of fused-ring (bicyclic) bond motifs is 1. The van der Waals surface area contributed by atoms with E-state index in [9.17, 15) is 14.4 Å². The number of carboxylic acid groups (broad SMARTS) is 1. The van der Waals surface area contributed by atoms with Gasteiger partial charge < -0.3 is 15.2 Å². The summed E-state index contributed by atoms with van der Waals surface area (Å²) in [5.74, 6) is -1.02. The van der Waals surface area contributed by atoms with Crippen LogP contribution in [0, 0.1) is 0 Å². The molecule has 7 nitrogen and oxygen atoms in total. The van der Waals surface area contributed by atoms with Crippen molar-refractivity contribution in [1.82, 2.24) is 10.2 Å². The number of carbonyl (C=O) groups excluding carboxylic acids is 2. The molecule has 2 heterocycles. The van der Waals surface area contributed by atoms with Crippen molar-refractivity contribution >= 4 is 29.7 Å². The van der Waals surface area contributed by atoms with Crippen LogP contribution in [0.15, 0.2) is 11.1 Å². The third kappa shape index (κ3) is 2.74. The lowest BCUT2D eigenvalue weighted by Crippen LogP contribution is -2.72. The van der Waals surface area contributed by atoms with Crippen molar-refractivity contribution in [1.29, 1.82) is 0 Å². The van der Waals surface area contributed by atoms with Crippen LogP contribution in [-0.4, -0.2) is 51.4 Å². The van der Waals surface area contributed by atoms with Crippen LogP contribution in [0.25, 0.3) is 0 Å². The molecular formula is C12H16N2O5S. The molecule has 110 valence electrons. The van der Waals surface area contributed by atoms with Gasteiger partial charge >= 0.3 is 12.1 Å². The Morgan fingerprint density at radius 2 is 2.15 bits per heavy atom. The Hall–Kier alpha value is -1.70. The molecule has 2 aliphatic rings. The molecule has 2 atom stereocenters. The normalized spacial score (nSPS) is 25.2. The molecule has 1 fully saturated rings. The number of alkyl carbamates (subject to hydrolysis) is 1. The molecule has 2 unspecified atom stereocenters. The second-order valence-corrected chi connectivity index (χ2v) is 6.44. The molecule has 0 radical (unpaired) electrons. The summed E-state index contributed by atoms with van der Waals surface area (Å²) in [7, 11) is 0. The van der Waals surface area contributed by atoms with Crippen LogP contribution in [0.1, 0.15) is 20.8 Å². The molecule has 2 N–H and O–H groups in total. The van der Waals surface area contributed by atoms with Gasteiger partial charge in [-0.05, 0) is 20.8 Å². The minimum absolute atomic E-state index is 0.0431. The number of carboxylic acids is 1. The van der Waals surface area contributed by atoms with Crippen molar-refractivity contribution < 1.29 is 24.2 Å². The van der Waals surface area contributed by atoms with Crippen molar-refractivity contribution in [2.24, 2.45) is 0 Å². The molecule has 2 rings (SSSR count). The second-order valence-electron chi connectivity index (χ2n) is 5.54. The Kier molecular flexibility index (Phi) is 3.68. The third-order valence-electron chi connectivity index (χ3n) is 2.83. The number of carbonyl (C=O) groups is 3. The highest BCUT2D eigenvalue weighted by Gasteiger charge is 2.52. The molecule has 0 aromatic carbocycles. The number of amides is 2. The van der Waals surface area contributed by atoms with Gasteiger partial charge in [0.15, 0.2) is 0 Å². The quantitative estimate of drug-likeness (QED) is 0.731. The van der Waals surface area contributed by atoms with Crippen molar-refractivity contribution in [3.63, 3.8) is 0 Å². The van der Waals surface area contributed by atoms with Gasteiger partial charge in [-0.3, -0.25) is 9.69 Å². The summed E-state index contributed by atoms with van der Waals surface area (Å²) in [6.07, 6.45) is -0.674. The van der Waals surface area contributed by atoms with Crippen LogP contribution in [0.3, 0.4) is 0 Å². The molecule has 2 amide bonds. The fourth-order valence-electron chi connectivity index (χ4n) is 2.04. The number of hydrogen-bond acceptors (Lipinski definition) is 5. The van der Waals surface area contributed by atoms with Crippen molar-refractivity contribution in [2.45, 2.75) is 38.5 Å². The van der Waals surface area contributed by atoms with Gasteiger partial charge in [-0.15, -0.1) is 11.8 Å². The van der Waals surface area contributed by atoms with Gasteiger partial charge in [-0.1, -0.05) is 0 Å². The molecule has 0 spiro atoms. The molecule has 0 saturated carbocycles. The average Bonchev–Trinajstić information content (AvgIpc) is 2.32. The highest BCUT2D eigenvalue weighted by atomic mass is 32.2. The molecule has 0 bridgehead atoms. The van der Waals surface area contributed by atoms with E-state index in [1.165, 1.54) is 22.1 Å². The zero-order valence-corrected chi connectivity index (χ0v) is 12.2. The number of thioether (sulfide) groups is 1. The Bertz CT molecular complexity index is 497. The lowest BCUT2D eigenvalue weighted by Gasteiger charge is -2.48. The van der Waals surface area contributed by atoms with Crippen LogP contribution >= 0.6 is 11.8 Å². The van der Waals surface area contributed by atoms with E-state index in [1.807, 2.05) is 0 Å². The third-order valence-corrected chi connectivity index (χ3v) is 3.76. The minimum atomic E-state index is -1.15. The van der Waals surface area contributed by atoms with E-state index in [2.05, 4.69) is 5.32 Å². The van der Waals surface area contributed by atoms with Crippen molar-refractivity contribution in [2.75, 3.05) is 5.75 Å². The van der Waals surface area contributed by atoms with Crippen LogP contribution < -0.4 is 5.32 Å². The number of hydrogen-bond donors (Lipinski definition) is 2. The predicted molar refractivity (Wildman–Crippen MR) is 72.0 cm³/mol. The minimum Gasteiger partial charge on any atom is -0.477 e. The molecule has 0 aromatic heterocycles. The topological polar surface area (TPSA) is 95.9 Å². The zero-order chi connectivity index (χ0) is 15.1. The average molecular weight is 300 g/mol. The highest BCUT2D eigenvalue weighted by Crippen LogP contribution is 2.34. The van der Waals surface area contributed by atoms with Crippen molar-refractivity contribution in [3.05, 3.63) is 11.1 Å². The number of aliphatic carboxylic acids is 1. The van der Waals surface area contributed by atoms with Gasteiger partial charge in [-0.2, -0.15) is 0 Å². The maximum Gasteiger partial charge on any atom is 0.408 e. The molecule has 0 aromatic rings. The van der Waals surface area contributed by atoms with E-state index in [0.29, 0.717) is 5.75 Å². The van der Waals surface area contributed by atoms with Crippen LogP contribution in [0.4, 0.5) is 4.79 Å². The molecule has 2 aliphatic heterocycles. The standard InChI is InChI=1S/C12H16N2O5S/c1-12(2,3)19-11(18)13-8-6-4-20-5-7(10(16)17)14(6)9(8)15/h5-6,8H,4H2,1-3H3,(H,13,18)(H,16,17). The molecule has 8 heteroatoms. The van der Waals surface area contributed by atoms with Crippen LogP contribution in [-0.2, 0) is 14.3 Å². The Labute approximate surface area is 120 Å². The predicted octanol–water partition coefficient (Wildman–Crippen LogP) is 0.763. The Morgan fingerprint density at radius 1 is 1.50 bits per heavy atom. The maximum atomic E-state index is 12.0. The van der Waals surface area contributed by atoms with Gasteiger partial charge in [-0.25, -0.2) is 9.59 Å². The van der Waals surface area contributed by atoms with Gasteiger partial charge in [0.2, 0.25) is 0 Å². The SMILES string of the molecule is CC(C)(C)OC(=O)NC1C(=O)N2C(C(=O)O)=CSCC12. The lowest BCUT2D eigenvalue weighted by molar-refractivity contribution is -0.151. The first-order chi connectivity index (χ1) is 9.20.